The molecule has 172 valence electrons. The molecule has 2 aromatic carbocycles. The van der Waals surface area contributed by atoms with E-state index >= 15 is 0 Å². The molecule has 4 rings (SSSR count). The number of carbonyl (C=O) groups is 2. The molecular weight excluding hydrogens is 476 g/mol. The third kappa shape index (κ3) is 4.78. The lowest BCUT2D eigenvalue weighted by atomic mass is 10.0. The fraction of sp³-hybridized carbons (Fsp3) is 0.125. The molecule has 2 heterocycles. The van der Waals surface area contributed by atoms with Gasteiger partial charge < -0.3 is 9.52 Å². The SMILES string of the molecule is Cc1ccc(-c2ccc(C=C3SC(=S)N(C(Cc4ccccc4)C(=O)O)C3=O)o2)cc1[N+](=O)[O-]. The number of rotatable bonds is 7. The van der Waals surface area contributed by atoms with Crippen molar-refractivity contribution in [2.45, 2.75) is 19.4 Å². The number of aryl methyl sites for hydroxylation is 1. The molecular formula is C24H18N2O6S2. The Morgan fingerprint density at radius 3 is 2.65 bits per heavy atom. The average molecular weight is 495 g/mol. The van der Waals surface area contributed by atoms with E-state index in [2.05, 4.69) is 0 Å². The van der Waals surface area contributed by atoms with Gasteiger partial charge in [-0.05, 0) is 24.6 Å². The van der Waals surface area contributed by atoms with Gasteiger partial charge in [-0.15, -0.1) is 0 Å². The van der Waals surface area contributed by atoms with Gasteiger partial charge in [0.1, 0.15) is 21.9 Å². The van der Waals surface area contributed by atoms with E-state index in [0.29, 0.717) is 22.6 Å². The molecule has 3 aromatic rings. The highest BCUT2D eigenvalue weighted by Crippen LogP contribution is 2.36. The first-order valence-corrected chi connectivity index (χ1v) is 11.4. The topological polar surface area (TPSA) is 114 Å². The summed E-state index contributed by atoms with van der Waals surface area (Å²) in [6, 6.07) is 15.9. The molecule has 34 heavy (non-hydrogen) atoms. The first-order chi connectivity index (χ1) is 16.2. The van der Waals surface area contributed by atoms with Crippen LogP contribution in [-0.2, 0) is 16.0 Å². The van der Waals surface area contributed by atoms with Crippen LogP contribution in [0.15, 0.2) is 70.0 Å². The smallest absolute Gasteiger partial charge is 0.327 e. The van der Waals surface area contributed by atoms with Crippen molar-refractivity contribution in [2.75, 3.05) is 0 Å². The molecule has 10 heteroatoms. The number of furan rings is 1. The zero-order valence-electron chi connectivity index (χ0n) is 17.8. The van der Waals surface area contributed by atoms with E-state index in [1.807, 2.05) is 6.07 Å². The second-order valence-corrected chi connectivity index (χ2v) is 9.23. The van der Waals surface area contributed by atoms with Gasteiger partial charge in [0.2, 0.25) is 0 Å². The van der Waals surface area contributed by atoms with Crippen LogP contribution in [-0.4, -0.2) is 37.2 Å². The van der Waals surface area contributed by atoms with Crippen molar-refractivity contribution in [3.8, 4) is 11.3 Å². The second-order valence-electron chi connectivity index (χ2n) is 7.56. The van der Waals surface area contributed by atoms with Crippen LogP contribution in [0.4, 0.5) is 5.69 Å². The van der Waals surface area contributed by atoms with Gasteiger partial charge in [0, 0.05) is 29.7 Å². The zero-order chi connectivity index (χ0) is 24.4. The Hall–Kier alpha value is -3.76. The van der Waals surface area contributed by atoms with E-state index in [4.69, 9.17) is 16.6 Å². The Morgan fingerprint density at radius 1 is 1.24 bits per heavy atom. The van der Waals surface area contributed by atoms with Gasteiger partial charge >= 0.3 is 5.97 Å². The number of thioether (sulfide) groups is 1. The molecule has 1 fully saturated rings. The van der Waals surface area contributed by atoms with Crippen LogP contribution < -0.4 is 0 Å². The van der Waals surface area contributed by atoms with Crippen molar-refractivity contribution in [2.24, 2.45) is 0 Å². The number of benzene rings is 2. The minimum Gasteiger partial charge on any atom is -0.480 e. The largest absolute Gasteiger partial charge is 0.480 e. The van der Waals surface area contributed by atoms with Gasteiger partial charge in [-0.1, -0.05) is 66.4 Å². The summed E-state index contributed by atoms with van der Waals surface area (Å²) >= 11 is 6.33. The number of carbonyl (C=O) groups excluding carboxylic acids is 1. The predicted molar refractivity (Wildman–Crippen MR) is 132 cm³/mol. The molecule has 0 aliphatic carbocycles. The highest BCUT2D eigenvalue weighted by Gasteiger charge is 2.40. The van der Waals surface area contributed by atoms with Gasteiger partial charge in [0.05, 0.1) is 9.83 Å². The highest BCUT2D eigenvalue weighted by atomic mass is 32.2. The number of thiocarbonyl (C=S) groups is 1. The van der Waals surface area contributed by atoms with Crippen LogP contribution in [0, 0.1) is 17.0 Å². The van der Waals surface area contributed by atoms with Crippen LogP contribution in [0.5, 0.6) is 0 Å². The second kappa shape index (κ2) is 9.62. The van der Waals surface area contributed by atoms with Crippen LogP contribution in [0.2, 0.25) is 0 Å². The van der Waals surface area contributed by atoms with Crippen LogP contribution in [0.1, 0.15) is 16.9 Å². The van der Waals surface area contributed by atoms with Crippen molar-refractivity contribution in [1.29, 1.82) is 0 Å². The molecule has 1 atom stereocenters. The van der Waals surface area contributed by atoms with Gasteiger partial charge in [-0.25, -0.2) is 4.79 Å². The molecule has 1 aliphatic rings. The Morgan fingerprint density at radius 2 is 1.97 bits per heavy atom. The minimum absolute atomic E-state index is 0.0190. The van der Waals surface area contributed by atoms with Gasteiger partial charge in [-0.3, -0.25) is 19.8 Å². The van der Waals surface area contributed by atoms with Gasteiger partial charge in [0.25, 0.3) is 11.6 Å². The summed E-state index contributed by atoms with van der Waals surface area (Å²) in [6.45, 7) is 1.65. The van der Waals surface area contributed by atoms with Crippen molar-refractivity contribution in [1.82, 2.24) is 4.90 Å². The maximum atomic E-state index is 13.1. The van der Waals surface area contributed by atoms with Crippen molar-refractivity contribution in [3.05, 3.63) is 92.6 Å². The fourth-order valence-electron chi connectivity index (χ4n) is 3.55. The first kappa shape index (κ1) is 23.4. The molecule has 1 amide bonds. The van der Waals surface area contributed by atoms with E-state index in [9.17, 15) is 24.8 Å². The summed E-state index contributed by atoms with van der Waals surface area (Å²) in [5.74, 6) is -0.920. The lowest BCUT2D eigenvalue weighted by molar-refractivity contribution is -0.385. The van der Waals surface area contributed by atoms with Crippen LogP contribution in [0.3, 0.4) is 0 Å². The van der Waals surface area contributed by atoms with Crippen LogP contribution in [0.25, 0.3) is 17.4 Å². The summed E-state index contributed by atoms with van der Waals surface area (Å²) < 4.78 is 5.94. The molecule has 0 bridgehead atoms. The Labute approximate surface area is 204 Å². The van der Waals surface area contributed by atoms with E-state index in [-0.39, 0.29) is 21.3 Å². The summed E-state index contributed by atoms with van der Waals surface area (Å²) in [7, 11) is 0. The first-order valence-electron chi connectivity index (χ1n) is 10.1. The lowest BCUT2D eigenvalue weighted by Gasteiger charge is -2.23. The normalized spacial score (nSPS) is 15.7. The molecule has 0 spiro atoms. The number of hydrogen-bond acceptors (Lipinski definition) is 7. The summed E-state index contributed by atoms with van der Waals surface area (Å²) in [4.78, 5) is 37.1. The fourth-order valence-corrected chi connectivity index (χ4v) is 4.89. The molecule has 1 saturated heterocycles. The van der Waals surface area contributed by atoms with E-state index < -0.39 is 22.8 Å². The predicted octanol–water partition coefficient (Wildman–Crippen LogP) is 5.06. The van der Waals surface area contributed by atoms with Crippen molar-refractivity contribution < 1.29 is 24.0 Å². The zero-order valence-corrected chi connectivity index (χ0v) is 19.5. The molecule has 1 N–H and O–H groups in total. The number of nitrogens with zero attached hydrogens (tertiary/aromatic N) is 2. The molecule has 0 saturated carbocycles. The van der Waals surface area contributed by atoms with Gasteiger partial charge in [0.15, 0.2) is 0 Å². The highest BCUT2D eigenvalue weighted by molar-refractivity contribution is 8.26. The molecule has 1 unspecified atom stereocenters. The molecule has 0 radical (unpaired) electrons. The summed E-state index contributed by atoms with van der Waals surface area (Å²) in [6.07, 6.45) is 1.61. The maximum Gasteiger partial charge on any atom is 0.327 e. The average Bonchev–Trinajstić information content (AvgIpc) is 3.37. The maximum absolute atomic E-state index is 13.1. The third-order valence-electron chi connectivity index (χ3n) is 5.28. The molecule has 8 nitrogen and oxygen atoms in total. The lowest BCUT2D eigenvalue weighted by Crippen LogP contribution is -2.45. The number of amides is 1. The Kier molecular flexibility index (Phi) is 6.62. The van der Waals surface area contributed by atoms with E-state index in [1.165, 1.54) is 12.1 Å². The monoisotopic (exact) mass is 494 g/mol. The quantitative estimate of drug-likeness (QED) is 0.210. The van der Waals surface area contributed by atoms with Crippen molar-refractivity contribution in [3.63, 3.8) is 0 Å². The number of hydrogen-bond donors (Lipinski definition) is 1. The number of carboxylic acids is 1. The van der Waals surface area contributed by atoms with Crippen molar-refractivity contribution >= 4 is 51.9 Å². The third-order valence-corrected chi connectivity index (χ3v) is 6.61. The van der Waals surface area contributed by atoms with E-state index in [1.54, 1.807) is 55.5 Å². The Balaban J connectivity index is 1.58. The number of carboxylic acid groups (broad SMARTS) is 1. The van der Waals surface area contributed by atoms with E-state index in [0.717, 1.165) is 22.2 Å². The number of nitro groups is 1. The molecule has 1 aromatic heterocycles. The molecule has 1 aliphatic heterocycles. The summed E-state index contributed by atoms with van der Waals surface area (Å²) in [5, 5.41) is 21.0. The van der Waals surface area contributed by atoms with Crippen LogP contribution >= 0.6 is 24.0 Å². The Bertz CT molecular complexity index is 1330. The standard InChI is InChI=1S/C24H18N2O6S2/c1-14-7-8-16(12-18(14)26(30)31)20-10-9-17(32-20)13-21-22(27)25(24(33)34-21)19(23(28)29)11-15-5-3-2-4-6-15/h2-10,12-13,19H,11H2,1H3,(H,28,29). The van der Waals surface area contributed by atoms with Gasteiger partial charge in [-0.2, -0.15) is 0 Å². The minimum atomic E-state index is -1.15. The number of nitro benzene ring substituents is 1. The number of aliphatic carboxylic acids is 1. The summed E-state index contributed by atoms with van der Waals surface area (Å²) in [5.41, 5.74) is 1.82.